The first kappa shape index (κ1) is 12.8. The van der Waals surface area contributed by atoms with E-state index in [1.54, 1.807) is 12.3 Å². The second-order valence-corrected chi connectivity index (χ2v) is 4.95. The number of aromatic carboxylic acids is 1. The van der Waals surface area contributed by atoms with Crippen LogP contribution in [0.1, 0.15) is 23.2 Å². The molecule has 1 saturated heterocycles. The molecule has 1 aromatic heterocycles. The summed E-state index contributed by atoms with van der Waals surface area (Å²) in [6.07, 6.45) is 5.31. The van der Waals surface area contributed by atoms with Gasteiger partial charge >= 0.3 is 5.97 Å². The summed E-state index contributed by atoms with van der Waals surface area (Å²) in [4.78, 5) is 19.5. The Hall–Kier alpha value is -1.62. The van der Waals surface area contributed by atoms with Gasteiger partial charge in [-0.3, -0.25) is 4.98 Å². The Morgan fingerprint density at radius 3 is 3.06 bits per heavy atom. The summed E-state index contributed by atoms with van der Waals surface area (Å²) in [5.74, 6) is -0.909. The highest BCUT2D eigenvalue weighted by molar-refractivity contribution is 5.94. The van der Waals surface area contributed by atoms with E-state index >= 15 is 0 Å². The van der Waals surface area contributed by atoms with Crippen LogP contribution < -0.4 is 4.90 Å². The van der Waals surface area contributed by atoms with Gasteiger partial charge in [-0.25, -0.2) is 4.79 Å². The molecule has 1 unspecified atom stereocenters. The number of hydrogen-bond acceptors (Lipinski definition) is 4. The molecule has 1 aliphatic rings. The highest BCUT2D eigenvalue weighted by atomic mass is 16.4. The lowest BCUT2D eigenvalue weighted by Gasteiger charge is -2.29. The topological polar surface area (TPSA) is 56.7 Å². The molecule has 0 aromatic carbocycles. The Bertz CT molecular complexity index is 434. The smallest absolute Gasteiger partial charge is 0.339 e. The van der Waals surface area contributed by atoms with E-state index in [9.17, 15) is 9.90 Å². The quantitative estimate of drug-likeness (QED) is 0.872. The molecule has 1 atom stereocenters. The summed E-state index contributed by atoms with van der Waals surface area (Å²) in [6.45, 7) is 1.87. The third-order valence-corrected chi connectivity index (χ3v) is 3.29. The van der Waals surface area contributed by atoms with E-state index in [-0.39, 0.29) is 0 Å². The van der Waals surface area contributed by atoms with Gasteiger partial charge in [0.1, 0.15) is 5.56 Å². The zero-order valence-corrected chi connectivity index (χ0v) is 10.8. The van der Waals surface area contributed by atoms with Crippen molar-refractivity contribution in [1.82, 2.24) is 9.88 Å². The van der Waals surface area contributed by atoms with Crippen LogP contribution in [0.4, 0.5) is 5.69 Å². The van der Waals surface area contributed by atoms with Crippen molar-refractivity contribution in [2.45, 2.75) is 18.9 Å². The maximum absolute atomic E-state index is 11.2. The van der Waals surface area contributed by atoms with Gasteiger partial charge in [0, 0.05) is 31.5 Å². The molecule has 2 rings (SSSR count). The van der Waals surface area contributed by atoms with Crippen LogP contribution in [-0.2, 0) is 0 Å². The summed E-state index contributed by atoms with van der Waals surface area (Å²) in [7, 11) is 4.09. The molecule has 0 bridgehead atoms. The lowest BCUT2D eigenvalue weighted by molar-refractivity contribution is 0.0697. The first-order chi connectivity index (χ1) is 8.59. The fourth-order valence-corrected chi connectivity index (χ4v) is 2.57. The third-order valence-electron chi connectivity index (χ3n) is 3.29. The van der Waals surface area contributed by atoms with Crippen molar-refractivity contribution in [3.63, 3.8) is 0 Å². The van der Waals surface area contributed by atoms with Crippen molar-refractivity contribution in [3.05, 3.63) is 24.0 Å². The zero-order valence-electron chi connectivity index (χ0n) is 10.8. The average molecular weight is 249 g/mol. The molecule has 0 aliphatic carbocycles. The number of pyridine rings is 1. The lowest BCUT2D eigenvalue weighted by Crippen LogP contribution is -2.38. The SMILES string of the molecule is CN(C)CC1CCCN1c1ccncc1C(=O)O. The van der Waals surface area contributed by atoms with Crippen LogP contribution in [0.5, 0.6) is 0 Å². The van der Waals surface area contributed by atoms with E-state index in [0.717, 1.165) is 31.6 Å². The molecule has 5 heteroatoms. The van der Waals surface area contributed by atoms with Crippen LogP contribution >= 0.6 is 0 Å². The summed E-state index contributed by atoms with van der Waals surface area (Å²) in [5, 5.41) is 9.22. The molecule has 1 aromatic rings. The minimum atomic E-state index is -0.909. The van der Waals surface area contributed by atoms with E-state index in [2.05, 4.69) is 14.8 Å². The number of nitrogens with zero attached hydrogens (tertiary/aromatic N) is 3. The molecule has 1 aliphatic heterocycles. The van der Waals surface area contributed by atoms with E-state index in [1.165, 1.54) is 6.20 Å². The van der Waals surface area contributed by atoms with Crippen LogP contribution in [0.25, 0.3) is 0 Å². The average Bonchev–Trinajstić information content (AvgIpc) is 2.76. The Balaban J connectivity index is 2.27. The molecule has 5 nitrogen and oxygen atoms in total. The predicted molar refractivity (Wildman–Crippen MR) is 70.1 cm³/mol. The van der Waals surface area contributed by atoms with Crippen molar-refractivity contribution < 1.29 is 9.90 Å². The van der Waals surface area contributed by atoms with Crippen molar-refractivity contribution in [3.8, 4) is 0 Å². The number of likely N-dealkylation sites (N-methyl/N-ethyl adjacent to an activating group) is 1. The summed E-state index contributed by atoms with van der Waals surface area (Å²) in [6, 6.07) is 2.19. The number of carbonyl (C=O) groups is 1. The molecule has 0 radical (unpaired) electrons. The molecule has 0 saturated carbocycles. The maximum Gasteiger partial charge on any atom is 0.339 e. The number of aromatic nitrogens is 1. The van der Waals surface area contributed by atoms with Crippen molar-refractivity contribution >= 4 is 11.7 Å². The highest BCUT2D eigenvalue weighted by Gasteiger charge is 2.28. The largest absolute Gasteiger partial charge is 0.478 e. The second kappa shape index (κ2) is 5.35. The van der Waals surface area contributed by atoms with Crippen LogP contribution in [-0.4, -0.2) is 54.2 Å². The first-order valence-corrected chi connectivity index (χ1v) is 6.18. The standard InChI is InChI=1S/C13H19N3O2/c1-15(2)9-10-4-3-7-16(10)12-5-6-14-8-11(12)13(17)18/h5-6,8,10H,3-4,7,9H2,1-2H3,(H,17,18). The number of hydrogen-bond donors (Lipinski definition) is 1. The van der Waals surface area contributed by atoms with Gasteiger partial charge in [-0.2, -0.15) is 0 Å². The number of carboxylic acids is 1. The predicted octanol–water partition coefficient (Wildman–Crippen LogP) is 1.31. The molecular weight excluding hydrogens is 230 g/mol. The number of rotatable bonds is 4. The van der Waals surface area contributed by atoms with E-state index in [4.69, 9.17) is 0 Å². The Kier molecular flexibility index (Phi) is 3.81. The Labute approximate surface area is 107 Å². The van der Waals surface area contributed by atoms with Gasteiger partial charge < -0.3 is 14.9 Å². The molecule has 18 heavy (non-hydrogen) atoms. The Morgan fingerprint density at radius 2 is 2.39 bits per heavy atom. The fourth-order valence-electron chi connectivity index (χ4n) is 2.57. The summed E-state index contributed by atoms with van der Waals surface area (Å²) < 4.78 is 0. The minimum absolute atomic E-state index is 0.295. The third kappa shape index (κ3) is 2.61. The van der Waals surface area contributed by atoms with Crippen LogP contribution in [0.2, 0.25) is 0 Å². The molecule has 98 valence electrons. The van der Waals surface area contributed by atoms with E-state index in [1.807, 2.05) is 14.1 Å². The van der Waals surface area contributed by atoms with Crippen LogP contribution in [0.15, 0.2) is 18.5 Å². The fraction of sp³-hybridized carbons (Fsp3) is 0.538. The number of anilines is 1. The molecule has 0 amide bonds. The lowest BCUT2D eigenvalue weighted by atomic mass is 10.1. The number of carboxylic acid groups (broad SMARTS) is 1. The van der Waals surface area contributed by atoms with E-state index < -0.39 is 5.97 Å². The van der Waals surface area contributed by atoms with E-state index in [0.29, 0.717) is 11.6 Å². The molecular formula is C13H19N3O2. The van der Waals surface area contributed by atoms with Gasteiger partial charge in [-0.15, -0.1) is 0 Å². The van der Waals surface area contributed by atoms with Crippen molar-refractivity contribution in [2.75, 3.05) is 32.1 Å². The van der Waals surface area contributed by atoms with Crippen molar-refractivity contribution in [1.29, 1.82) is 0 Å². The van der Waals surface area contributed by atoms with Gasteiger partial charge in [0.05, 0.1) is 5.69 Å². The van der Waals surface area contributed by atoms with Crippen LogP contribution in [0.3, 0.4) is 0 Å². The van der Waals surface area contributed by atoms with Gasteiger partial charge in [0.2, 0.25) is 0 Å². The van der Waals surface area contributed by atoms with Gasteiger partial charge in [0.15, 0.2) is 0 Å². The second-order valence-electron chi connectivity index (χ2n) is 4.95. The zero-order chi connectivity index (χ0) is 13.1. The van der Waals surface area contributed by atoms with Crippen LogP contribution in [0, 0.1) is 0 Å². The highest BCUT2D eigenvalue weighted by Crippen LogP contribution is 2.28. The first-order valence-electron chi connectivity index (χ1n) is 6.18. The molecule has 1 N–H and O–H groups in total. The monoisotopic (exact) mass is 249 g/mol. The molecule has 0 spiro atoms. The maximum atomic E-state index is 11.2. The van der Waals surface area contributed by atoms with Gasteiger partial charge in [0.25, 0.3) is 0 Å². The molecule has 2 heterocycles. The van der Waals surface area contributed by atoms with Gasteiger partial charge in [-0.1, -0.05) is 0 Å². The van der Waals surface area contributed by atoms with Gasteiger partial charge in [-0.05, 0) is 33.0 Å². The Morgan fingerprint density at radius 1 is 1.61 bits per heavy atom. The minimum Gasteiger partial charge on any atom is -0.478 e. The normalized spacial score (nSPS) is 19.5. The molecule has 1 fully saturated rings. The summed E-state index contributed by atoms with van der Waals surface area (Å²) >= 11 is 0. The summed E-state index contributed by atoms with van der Waals surface area (Å²) in [5.41, 5.74) is 1.09. The van der Waals surface area contributed by atoms with Crippen molar-refractivity contribution in [2.24, 2.45) is 0 Å².